The lowest BCUT2D eigenvalue weighted by Gasteiger charge is -2.30. The van der Waals surface area contributed by atoms with Crippen molar-refractivity contribution in [1.29, 1.82) is 0 Å². The molecule has 1 unspecified atom stereocenters. The number of ether oxygens (including phenoxy) is 1. The molecule has 1 N–H and O–H groups in total. The summed E-state index contributed by atoms with van der Waals surface area (Å²) in [4.78, 5) is 4.43. The summed E-state index contributed by atoms with van der Waals surface area (Å²) < 4.78 is 5.12. The SMILES string of the molecule is CNC(Cc1cccc(OC)n1)C(C)(C)C. The van der Waals surface area contributed by atoms with Gasteiger partial charge in [0.05, 0.1) is 7.11 Å². The third-order valence-corrected chi connectivity index (χ3v) is 2.80. The normalized spacial score (nSPS) is 13.6. The topological polar surface area (TPSA) is 34.1 Å². The maximum absolute atomic E-state index is 5.12. The van der Waals surface area contributed by atoms with Crippen LogP contribution in [0.2, 0.25) is 0 Å². The molecule has 0 aliphatic carbocycles. The summed E-state index contributed by atoms with van der Waals surface area (Å²) in [5.74, 6) is 0.682. The summed E-state index contributed by atoms with van der Waals surface area (Å²) in [6.45, 7) is 6.69. The standard InChI is InChI=1S/C13H22N2O/c1-13(2,3)11(14-4)9-10-7-6-8-12(15-10)16-5/h6-8,11,14H,9H2,1-5H3. The van der Waals surface area contributed by atoms with Gasteiger partial charge in [0.2, 0.25) is 5.88 Å². The third kappa shape index (κ3) is 3.49. The molecule has 16 heavy (non-hydrogen) atoms. The van der Waals surface area contributed by atoms with E-state index in [0.29, 0.717) is 11.9 Å². The number of nitrogens with zero attached hydrogens (tertiary/aromatic N) is 1. The average molecular weight is 222 g/mol. The monoisotopic (exact) mass is 222 g/mol. The molecule has 3 nitrogen and oxygen atoms in total. The minimum Gasteiger partial charge on any atom is -0.481 e. The first-order valence-electron chi connectivity index (χ1n) is 5.64. The van der Waals surface area contributed by atoms with E-state index in [4.69, 9.17) is 4.74 Å². The second-order valence-corrected chi connectivity index (χ2v) is 5.08. The molecule has 0 saturated carbocycles. The molecule has 0 aliphatic rings. The Morgan fingerprint density at radius 3 is 2.56 bits per heavy atom. The van der Waals surface area contributed by atoms with Crippen molar-refractivity contribution < 1.29 is 4.74 Å². The van der Waals surface area contributed by atoms with E-state index in [0.717, 1.165) is 12.1 Å². The highest BCUT2D eigenvalue weighted by atomic mass is 16.5. The molecule has 0 spiro atoms. The quantitative estimate of drug-likeness (QED) is 0.848. The van der Waals surface area contributed by atoms with Crippen LogP contribution in [0.25, 0.3) is 0 Å². The zero-order chi connectivity index (χ0) is 12.2. The summed E-state index contributed by atoms with van der Waals surface area (Å²) in [6.07, 6.45) is 0.914. The third-order valence-electron chi connectivity index (χ3n) is 2.80. The van der Waals surface area contributed by atoms with Gasteiger partial charge in [0.15, 0.2) is 0 Å². The Morgan fingerprint density at radius 1 is 1.38 bits per heavy atom. The molecule has 3 heteroatoms. The lowest BCUT2D eigenvalue weighted by molar-refractivity contribution is 0.277. The van der Waals surface area contributed by atoms with Crippen molar-refractivity contribution in [2.75, 3.05) is 14.2 Å². The Bertz CT molecular complexity index is 331. The van der Waals surface area contributed by atoms with E-state index < -0.39 is 0 Å². The van der Waals surface area contributed by atoms with Crippen LogP contribution in [0.5, 0.6) is 5.88 Å². The van der Waals surface area contributed by atoms with Gasteiger partial charge >= 0.3 is 0 Å². The first kappa shape index (κ1) is 13.0. The van der Waals surface area contributed by atoms with Crippen molar-refractivity contribution in [3.63, 3.8) is 0 Å². The minimum absolute atomic E-state index is 0.222. The fourth-order valence-electron chi connectivity index (χ4n) is 1.74. The molecule has 0 aliphatic heterocycles. The van der Waals surface area contributed by atoms with Crippen molar-refractivity contribution in [3.8, 4) is 5.88 Å². The molecule has 1 rings (SSSR count). The number of methoxy groups -OCH3 is 1. The zero-order valence-corrected chi connectivity index (χ0v) is 10.9. The second-order valence-electron chi connectivity index (χ2n) is 5.08. The Balaban J connectivity index is 2.78. The van der Waals surface area contributed by atoms with Gasteiger partial charge in [-0.15, -0.1) is 0 Å². The van der Waals surface area contributed by atoms with E-state index in [9.17, 15) is 0 Å². The summed E-state index contributed by atoms with van der Waals surface area (Å²) in [7, 11) is 3.64. The van der Waals surface area contributed by atoms with Crippen LogP contribution in [-0.2, 0) is 6.42 Å². The molecule has 1 atom stereocenters. The predicted molar refractivity (Wildman–Crippen MR) is 66.8 cm³/mol. The maximum atomic E-state index is 5.12. The van der Waals surface area contributed by atoms with Gasteiger partial charge in [-0.25, -0.2) is 4.98 Å². The highest BCUT2D eigenvalue weighted by Gasteiger charge is 2.23. The molecule has 0 aromatic carbocycles. The molecule has 1 heterocycles. The van der Waals surface area contributed by atoms with Gasteiger partial charge in [-0.2, -0.15) is 0 Å². The van der Waals surface area contributed by atoms with Crippen LogP contribution >= 0.6 is 0 Å². The van der Waals surface area contributed by atoms with Crippen LogP contribution in [0.4, 0.5) is 0 Å². The van der Waals surface area contributed by atoms with E-state index in [2.05, 4.69) is 31.1 Å². The van der Waals surface area contributed by atoms with Crippen LogP contribution in [0, 0.1) is 5.41 Å². The number of nitrogens with one attached hydrogen (secondary N) is 1. The van der Waals surface area contributed by atoms with Gasteiger partial charge in [-0.3, -0.25) is 0 Å². The molecule has 0 saturated heterocycles. The number of hydrogen-bond acceptors (Lipinski definition) is 3. The summed E-state index contributed by atoms with van der Waals surface area (Å²) in [6, 6.07) is 6.30. The van der Waals surface area contributed by atoms with Gasteiger partial charge in [0.1, 0.15) is 0 Å². The Kier molecular flexibility index (Phi) is 4.30. The number of hydrogen-bond donors (Lipinski definition) is 1. The lowest BCUT2D eigenvalue weighted by atomic mass is 9.84. The molecular formula is C13H22N2O. The van der Waals surface area contributed by atoms with Gasteiger partial charge in [-0.05, 0) is 18.5 Å². The summed E-state index contributed by atoms with van der Waals surface area (Å²) >= 11 is 0. The Morgan fingerprint density at radius 2 is 2.06 bits per heavy atom. The molecule has 0 bridgehead atoms. The van der Waals surface area contributed by atoms with E-state index in [1.807, 2.05) is 25.2 Å². The van der Waals surface area contributed by atoms with Gasteiger partial charge in [-0.1, -0.05) is 26.8 Å². The van der Waals surface area contributed by atoms with Gasteiger partial charge < -0.3 is 10.1 Å². The first-order valence-corrected chi connectivity index (χ1v) is 5.64. The van der Waals surface area contributed by atoms with Crippen molar-refractivity contribution in [3.05, 3.63) is 23.9 Å². The van der Waals surface area contributed by atoms with Crippen molar-refractivity contribution in [1.82, 2.24) is 10.3 Å². The van der Waals surface area contributed by atoms with E-state index in [1.54, 1.807) is 7.11 Å². The first-order chi connectivity index (χ1) is 7.47. The highest BCUT2D eigenvalue weighted by molar-refractivity contribution is 5.16. The van der Waals surface area contributed by atoms with Crippen molar-refractivity contribution in [2.24, 2.45) is 5.41 Å². The predicted octanol–water partition coefficient (Wildman–Crippen LogP) is 2.27. The number of likely N-dealkylation sites (N-methyl/N-ethyl adjacent to an activating group) is 1. The van der Waals surface area contributed by atoms with Crippen LogP contribution in [0.3, 0.4) is 0 Å². The fourth-order valence-corrected chi connectivity index (χ4v) is 1.74. The number of rotatable bonds is 4. The zero-order valence-electron chi connectivity index (χ0n) is 10.9. The summed E-state index contributed by atoms with van der Waals surface area (Å²) in [5.41, 5.74) is 1.29. The van der Waals surface area contributed by atoms with Crippen molar-refractivity contribution in [2.45, 2.75) is 33.2 Å². The molecule has 0 amide bonds. The summed E-state index contributed by atoms with van der Waals surface area (Å²) in [5, 5.41) is 3.35. The Labute approximate surface area is 98.2 Å². The van der Waals surface area contributed by atoms with E-state index in [1.165, 1.54) is 0 Å². The maximum Gasteiger partial charge on any atom is 0.213 e. The lowest BCUT2D eigenvalue weighted by Crippen LogP contribution is -2.39. The second kappa shape index (κ2) is 5.30. The fraction of sp³-hybridized carbons (Fsp3) is 0.615. The smallest absolute Gasteiger partial charge is 0.213 e. The van der Waals surface area contributed by atoms with E-state index in [-0.39, 0.29) is 5.41 Å². The van der Waals surface area contributed by atoms with E-state index >= 15 is 0 Å². The van der Waals surface area contributed by atoms with Crippen LogP contribution in [0.1, 0.15) is 26.5 Å². The molecule has 1 aromatic heterocycles. The largest absolute Gasteiger partial charge is 0.481 e. The van der Waals surface area contributed by atoms with Crippen LogP contribution in [0.15, 0.2) is 18.2 Å². The van der Waals surface area contributed by atoms with Crippen LogP contribution in [-0.4, -0.2) is 25.2 Å². The molecule has 0 fully saturated rings. The average Bonchev–Trinajstić information content (AvgIpc) is 2.24. The number of aromatic nitrogens is 1. The van der Waals surface area contributed by atoms with Crippen LogP contribution < -0.4 is 10.1 Å². The highest BCUT2D eigenvalue weighted by Crippen LogP contribution is 2.22. The molecular weight excluding hydrogens is 200 g/mol. The Hall–Kier alpha value is -1.09. The van der Waals surface area contributed by atoms with Gasteiger partial charge in [0, 0.05) is 24.2 Å². The number of pyridine rings is 1. The minimum atomic E-state index is 0.222. The molecule has 1 aromatic rings. The molecule has 90 valence electrons. The van der Waals surface area contributed by atoms with Gasteiger partial charge in [0.25, 0.3) is 0 Å². The molecule has 0 radical (unpaired) electrons. The van der Waals surface area contributed by atoms with Crippen molar-refractivity contribution >= 4 is 0 Å².